The van der Waals surface area contributed by atoms with Gasteiger partial charge in [-0.1, -0.05) is 28.1 Å². The predicted molar refractivity (Wildman–Crippen MR) is 73.9 cm³/mol. The third kappa shape index (κ3) is 6.35. The number of carbonyl (C=O) groups is 2. The number of hydrogen-bond acceptors (Lipinski definition) is 3. The van der Waals surface area contributed by atoms with Gasteiger partial charge >= 0.3 is 5.97 Å². The highest BCUT2D eigenvalue weighted by Gasteiger charge is 2.10. The lowest BCUT2D eigenvalue weighted by Crippen LogP contribution is -2.31. The van der Waals surface area contributed by atoms with Gasteiger partial charge < -0.3 is 15.2 Å². The minimum atomic E-state index is -1.01. The maximum absolute atomic E-state index is 11.6. The molecule has 1 atom stereocenters. The molecule has 1 rings (SSSR count). The van der Waals surface area contributed by atoms with E-state index in [1.165, 1.54) is 6.92 Å². The van der Waals surface area contributed by atoms with E-state index >= 15 is 0 Å². The predicted octanol–water partition coefficient (Wildman–Crippen LogP) is 1.60. The number of aliphatic carboxylic acids is 1. The van der Waals surface area contributed by atoms with Crippen LogP contribution in [0.1, 0.15) is 12.5 Å². The summed E-state index contributed by atoms with van der Waals surface area (Å²) in [6, 6.07) is 7.49. The molecule has 104 valence electrons. The zero-order valence-corrected chi connectivity index (χ0v) is 12.1. The van der Waals surface area contributed by atoms with Crippen LogP contribution in [0, 0.1) is 0 Å². The quantitative estimate of drug-likeness (QED) is 0.745. The number of amides is 1. The lowest BCUT2D eigenvalue weighted by Gasteiger charge is -2.09. The van der Waals surface area contributed by atoms with Gasteiger partial charge in [0, 0.05) is 11.0 Å². The molecular formula is C13H16BrNO4. The zero-order valence-electron chi connectivity index (χ0n) is 10.6. The Morgan fingerprint density at radius 1 is 1.37 bits per heavy atom. The topological polar surface area (TPSA) is 75.6 Å². The van der Waals surface area contributed by atoms with E-state index in [-0.39, 0.29) is 12.5 Å². The monoisotopic (exact) mass is 329 g/mol. The molecule has 0 fully saturated rings. The smallest absolute Gasteiger partial charge is 0.332 e. The summed E-state index contributed by atoms with van der Waals surface area (Å²) in [5.74, 6) is -1.13. The summed E-state index contributed by atoms with van der Waals surface area (Å²) < 4.78 is 5.96. The summed E-state index contributed by atoms with van der Waals surface area (Å²) in [5, 5.41) is 11.3. The number of halogens is 1. The molecule has 0 bridgehead atoms. The van der Waals surface area contributed by atoms with Crippen LogP contribution in [0.5, 0.6) is 0 Å². The number of carbonyl (C=O) groups excluding carboxylic acids is 1. The van der Waals surface area contributed by atoms with Gasteiger partial charge in [0.15, 0.2) is 6.10 Å². The van der Waals surface area contributed by atoms with Crippen LogP contribution >= 0.6 is 15.9 Å². The van der Waals surface area contributed by atoms with Crippen LogP contribution < -0.4 is 5.32 Å². The Morgan fingerprint density at radius 3 is 2.58 bits per heavy atom. The number of nitrogens with one attached hydrogen (secondary N) is 1. The second-order valence-electron chi connectivity index (χ2n) is 4.00. The summed E-state index contributed by atoms with van der Waals surface area (Å²) >= 11 is 3.32. The minimum Gasteiger partial charge on any atom is -0.479 e. The number of carboxylic acid groups (broad SMARTS) is 1. The van der Waals surface area contributed by atoms with Crippen molar-refractivity contribution in [3.63, 3.8) is 0 Å². The highest BCUT2D eigenvalue weighted by atomic mass is 79.9. The molecule has 0 radical (unpaired) electrons. The number of ether oxygens (including phenoxy) is 1. The first-order chi connectivity index (χ1) is 8.99. The summed E-state index contributed by atoms with van der Waals surface area (Å²) in [6.07, 6.45) is -0.565. The standard InChI is InChI=1S/C13H16BrNO4/c1-9(13(17)18)19-7-6-15-12(16)8-10-2-4-11(14)5-3-10/h2-5,9H,6-8H2,1H3,(H,15,16)(H,17,18). The van der Waals surface area contributed by atoms with Gasteiger partial charge in [-0.15, -0.1) is 0 Å². The van der Waals surface area contributed by atoms with Crippen LogP contribution in [0.15, 0.2) is 28.7 Å². The van der Waals surface area contributed by atoms with Crippen LogP contribution in [0.4, 0.5) is 0 Å². The minimum absolute atomic E-state index is 0.117. The molecule has 0 heterocycles. The summed E-state index contributed by atoms with van der Waals surface area (Å²) in [4.78, 5) is 22.1. The summed E-state index contributed by atoms with van der Waals surface area (Å²) in [7, 11) is 0. The molecule has 1 unspecified atom stereocenters. The number of benzene rings is 1. The van der Waals surface area contributed by atoms with E-state index < -0.39 is 12.1 Å². The molecule has 0 aliphatic rings. The average Bonchev–Trinajstić information content (AvgIpc) is 2.37. The van der Waals surface area contributed by atoms with E-state index in [0.29, 0.717) is 13.0 Å². The lowest BCUT2D eigenvalue weighted by atomic mass is 10.1. The van der Waals surface area contributed by atoms with Gasteiger partial charge in [0.05, 0.1) is 13.0 Å². The highest BCUT2D eigenvalue weighted by molar-refractivity contribution is 9.10. The Hall–Kier alpha value is -1.40. The molecule has 2 N–H and O–H groups in total. The van der Waals surface area contributed by atoms with Crippen LogP contribution in [0.3, 0.4) is 0 Å². The van der Waals surface area contributed by atoms with E-state index in [1.54, 1.807) is 0 Å². The highest BCUT2D eigenvalue weighted by Crippen LogP contribution is 2.10. The van der Waals surface area contributed by atoms with E-state index in [4.69, 9.17) is 9.84 Å². The fraction of sp³-hybridized carbons (Fsp3) is 0.385. The summed E-state index contributed by atoms with van der Waals surface area (Å²) in [6.45, 7) is 1.93. The first kappa shape index (κ1) is 15.7. The van der Waals surface area contributed by atoms with Crippen molar-refractivity contribution in [3.8, 4) is 0 Å². The van der Waals surface area contributed by atoms with Gasteiger partial charge in [0.25, 0.3) is 0 Å². The third-order valence-electron chi connectivity index (χ3n) is 2.42. The van der Waals surface area contributed by atoms with Crippen LogP contribution in [-0.2, 0) is 20.7 Å². The van der Waals surface area contributed by atoms with Crippen LogP contribution in [0.25, 0.3) is 0 Å². The van der Waals surface area contributed by atoms with Crippen molar-refractivity contribution in [2.24, 2.45) is 0 Å². The molecule has 0 aliphatic carbocycles. The van der Waals surface area contributed by atoms with Crippen molar-refractivity contribution in [2.45, 2.75) is 19.4 Å². The number of carboxylic acids is 1. The van der Waals surface area contributed by atoms with E-state index in [1.807, 2.05) is 24.3 Å². The second kappa shape index (κ2) is 7.91. The van der Waals surface area contributed by atoms with E-state index in [9.17, 15) is 9.59 Å². The van der Waals surface area contributed by atoms with Crippen molar-refractivity contribution in [3.05, 3.63) is 34.3 Å². The van der Waals surface area contributed by atoms with Crippen LogP contribution in [0.2, 0.25) is 0 Å². The molecule has 0 spiro atoms. The average molecular weight is 330 g/mol. The first-order valence-corrected chi connectivity index (χ1v) is 6.64. The Morgan fingerprint density at radius 2 is 2.00 bits per heavy atom. The zero-order chi connectivity index (χ0) is 14.3. The lowest BCUT2D eigenvalue weighted by molar-refractivity contribution is -0.148. The molecule has 19 heavy (non-hydrogen) atoms. The fourth-order valence-electron chi connectivity index (χ4n) is 1.35. The molecule has 0 saturated carbocycles. The largest absolute Gasteiger partial charge is 0.479 e. The van der Waals surface area contributed by atoms with Gasteiger partial charge in [-0.2, -0.15) is 0 Å². The van der Waals surface area contributed by atoms with Gasteiger partial charge in [-0.3, -0.25) is 4.79 Å². The number of rotatable bonds is 7. The third-order valence-corrected chi connectivity index (χ3v) is 2.95. The fourth-order valence-corrected chi connectivity index (χ4v) is 1.61. The molecule has 0 aromatic heterocycles. The molecule has 0 saturated heterocycles. The van der Waals surface area contributed by atoms with Crippen molar-refractivity contribution >= 4 is 27.8 Å². The molecule has 1 aromatic rings. The maximum Gasteiger partial charge on any atom is 0.332 e. The Labute approximate surface area is 120 Å². The second-order valence-corrected chi connectivity index (χ2v) is 4.92. The van der Waals surface area contributed by atoms with E-state index in [0.717, 1.165) is 10.0 Å². The van der Waals surface area contributed by atoms with Crippen molar-refractivity contribution < 1.29 is 19.4 Å². The van der Waals surface area contributed by atoms with Crippen LogP contribution in [-0.4, -0.2) is 36.2 Å². The number of hydrogen-bond donors (Lipinski definition) is 2. The van der Waals surface area contributed by atoms with Gasteiger partial charge in [-0.05, 0) is 24.6 Å². The first-order valence-electron chi connectivity index (χ1n) is 5.84. The van der Waals surface area contributed by atoms with Gasteiger partial charge in [0.1, 0.15) is 0 Å². The summed E-state index contributed by atoms with van der Waals surface area (Å²) in [5.41, 5.74) is 0.917. The molecule has 1 aromatic carbocycles. The van der Waals surface area contributed by atoms with Crippen molar-refractivity contribution in [1.29, 1.82) is 0 Å². The molecule has 5 nitrogen and oxygen atoms in total. The van der Waals surface area contributed by atoms with Gasteiger partial charge in [-0.25, -0.2) is 4.79 Å². The Bertz CT molecular complexity index is 433. The Kier molecular flexibility index (Phi) is 6.52. The molecule has 6 heteroatoms. The normalized spacial score (nSPS) is 11.9. The molecular weight excluding hydrogens is 314 g/mol. The van der Waals surface area contributed by atoms with Crippen molar-refractivity contribution in [1.82, 2.24) is 5.32 Å². The maximum atomic E-state index is 11.6. The van der Waals surface area contributed by atoms with E-state index in [2.05, 4.69) is 21.2 Å². The molecule has 1 amide bonds. The SMILES string of the molecule is CC(OCCNC(=O)Cc1ccc(Br)cc1)C(=O)O. The Balaban J connectivity index is 2.21. The van der Waals surface area contributed by atoms with Gasteiger partial charge in [0.2, 0.25) is 5.91 Å². The van der Waals surface area contributed by atoms with Crippen molar-refractivity contribution in [2.75, 3.05) is 13.2 Å². The molecule has 0 aliphatic heterocycles.